The van der Waals surface area contributed by atoms with Crippen LogP contribution in [-0.2, 0) is 0 Å². The van der Waals surface area contributed by atoms with Crippen LogP contribution in [0.15, 0.2) is 41.9 Å². The number of nitrogens with one attached hydrogen (secondary N) is 1. The van der Waals surface area contributed by atoms with Crippen molar-refractivity contribution in [2.75, 3.05) is 11.6 Å². The largest absolute Gasteiger partial charge is 0.363 e. The number of thioether (sulfide) groups is 1. The van der Waals surface area contributed by atoms with Crippen molar-refractivity contribution in [2.45, 2.75) is 18.0 Å². The lowest BCUT2D eigenvalue weighted by atomic mass is 10.1. The summed E-state index contributed by atoms with van der Waals surface area (Å²) in [5.74, 6) is 0.841. The van der Waals surface area contributed by atoms with Crippen LogP contribution in [0.1, 0.15) is 18.5 Å². The minimum absolute atomic E-state index is 0.197. The first-order valence-corrected chi connectivity index (χ1v) is 6.54. The highest BCUT2D eigenvalue weighted by molar-refractivity contribution is 7.98. The SMILES string of the molecule is CSc1cc(NC(C)c2ccncc2)ncn1. The van der Waals surface area contributed by atoms with E-state index in [1.807, 2.05) is 24.5 Å². The van der Waals surface area contributed by atoms with Gasteiger partial charge in [-0.25, -0.2) is 9.97 Å². The van der Waals surface area contributed by atoms with Gasteiger partial charge >= 0.3 is 0 Å². The number of anilines is 1. The highest BCUT2D eigenvalue weighted by Gasteiger charge is 2.05. The van der Waals surface area contributed by atoms with Gasteiger partial charge in [-0.1, -0.05) is 0 Å². The number of hydrogen-bond donors (Lipinski definition) is 1. The van der Waals surface area contributed by atoms with Crippen LogP contribution < -0.4 is 5.32 Å². The third-order valence-electron chi connectivity index (χ3n) is 2.42. The molecule has 0 aromatic carbocycles. The molecule has 2 heterocycles. The average Bonchev–Trinajstić information content (AvgIpc) is 2.40. The molecule has 0 fully saturated rings. The molecule has 2 rings (SSSR count). The zero-order valence-electron chi connectivity index (χ0n) is 9.79. The zero-order chi connectivity index (χ0) is 12.1. The lowest BCUT2D eigenvalue weighted by molar-refractivity contribution is 0.863. The Hall–Kier alpha value is -1.62. The van der Waals surface area contributed by atoms with Crippen molar-refractivity contribution in [3.05, 3.63) is 42.5 Å². The van der Waals surface area contributed by atoms with Crippen molar-refractivity contribution >= 4 is 17.6 Å². The van der Waals surface area contributed by atoms with E-state index in [2.05, 4.69) is 27.2 Å². The quantitative estimate of drug-likeness (QED) is 0.664. The second-order valence-corrected chi connectivity index (χ2v) is 4.42. The normalized spacial score (nSPS) is 12.1. The molecule has 0 aliphatic heterocycles. The summed E-state index contributed by atoms with van der Waals surface area (Å²) in [6.07, 6.45) is 7.16. The van der Waals surface area contributed by atoms with Crippen LogP contribution in [0.3, 0.4) is 0 Å². The molecule has 0 saturated heterocycles. The Morgan fingerprint density at radius 2 is 2.00 bits per heavy atom. The Bertz CT molecular complexity index is 475. The van der Waals surface area contributed by atoms with Gasteiger partial charge < -0.3 is 5.32 Å². The minimum atomic E-state index is 0.197. The third-order valence-corrected chi connectivity index (χ3v) is 3.06. The first-order valence-electron chi connectivity index (χ1n) is 5.32. The summed E-state index contributed by atoms with van der Waals surface area (Å²) in [4.78, 5) is 12.3. The molecule has 1 atom stereocenters. The summed E-state index contributed by atoms with van der Waals surface area (Å²) in [5.41, 5.74) is 1.18. The topological polar surface area (TPSA) is 50.7 Å². The number of nitrogens with zero attached hydrogens (tertiary/aromatic N) is 3. The summed E-state index contributed by atoms with van der Waals surface area (Å²) >= 11 is 1.60. The van der Waals surface area contributed by atoms with Crippen LogP contribution in [0.2, 0.25) is 0 Å². The summed E-state index contributed by atoms with van der Waals surface area (Å²) in [6.45, 7) is 2.09. The molecule has 0 aliphatic carbocycles. The van der Waals surface area contributed by atoms with E-state index in [0.717, 1.165) is 10.8 Å². The molecule has 0 spiro atoms. The van der Waals surface area contributed by atoms with E-state index in [0.29, 0.717) is 0 Å². The predicted octanol–water partition coefficient (Wildman–Crippen LogP) is 2.77. The van der Waals surface area contributed by atoms with Crippen LogP contribution in [0, 0.1) is 0 Å². The molecule has 2 aromatic rings. The average molecular weight is 246 g/mol. The van der Waals surface area contributed by atoms with Crippen LogP contribution in [0.5, 0.6) is 0 Å². The maximum absolute atomic E-state index is 4.20. The van der Waals surface area contributed by atoms with E-state index >= 15 is 0 Å². The molecule has 0 saturated carbocycles. The maximum Gasteiger partial charge on any atom is 0.130 e. The molecule has 0 bridgehead atoms. The molecule has 5 heteroatoms. The van der Waals surface area contributed by atoms with Gasteiger partial charge in [0.05, 0.1) is 6.04 Å². The molecule has 2 aromatic heterocycles. The van der Waals surface area contributed by atoms with Gasteiger partial charge in [-0.15, -0.1) is 11.8 Å². The lowest BCUT2D eigenvalue weighted by Gasteiger charge is -2.14. The highest BCUT2D eigenvalue weighted by atomic mass is 32.2. The van der Waals surface area contributed by atoms with Crippen molar-refractivity contribution in [1.29, 1.82) is 0 Å². The van der Waals surface area contributed by atoms with E-state index in [1.165, 1.54) is 5.56 Å². The summed E-state index contributed by atoms with van der Waals surface area (Å²) in [7, 11) is 0. The molecular formula is C12H14N4S. The van der Waals surface area contributed by atoms with Crippen LogP contribution in [0.25, 0.3) is 0 Å². The van der Waals surface area contributed by atoms with E-state index < -0.39 is 0 Å². The van der Waals surface area contributed by atoms with Crippen LogP contribution in [0.4, 0.5) is 5.82 Å². The van der Waals surface area contributed by atoms with Crippen molar-refractivity contribution in [1.82, 2.24) is 15.0 Å². The summed E-state index contributed by atoms with van der Waals surface area (Å²) in [6, 6.07) is 6.13. The number of hydrogen-bond acceptors (Lipinski definition) is 5. The smallest absolute Gasteiger partial charge is 0.130 e. The standard InChI is InChI=1S/C12H14N4S/c1-9(10-3-5-13-6-4-10)16-11-7-12(17-2)15-8-14-11/h3-9H,1-2H3,(H,14,15,16). The first-order chi connectivity index (χ1) is 8.29. The zero-order valence-corrected chi connectivity index (χ0v) is 10.6. The Labute approximate surface area is 105 Å². The van der Waals surface area contributed by atoms with Gasteiger partial charge in [-0.2, -0.15) is 0 Å². The number of rotatable bonds is 4. The Kier molecular flexibility index (Phi) is 3.93. The van der Waals surface area contributed by atoms with Gasteiger partial charge in [0, 0.05) is 18.5 Å². The van der Waals surface area contributed by atoms with Gasteiger partial charge in [0.2, 0.25) is 0 Å². The van der Waals surface area contributed by atoms with Crippen molar-refractivity contribution in [2.24, 2.45) is 0 Å². The fraction of sp³-hybridized carbons (Fsp3) is 0.250. The van der Waals surface area contributed by atoms with Crippen molar-refractivity contribution in [3.63, 3.8) is 0 Å². The van der Waals surface area contributed by atoms with Gasteiger partial charge in [0.1, 0.15) is 17.2 Å². The number of pyridine rings is 1. The molecule has 4 nitrogen and oxygen atoms in total. The molecule has 1 unspecified atom stereocenters. The second kappa shape index (κ2) is 5.63. The minimum Gasteiger partial charge on any atom is -0.363 e. The Balaban J connectivity index is 2.10. The fourth-order valence-electron chi connectivity index (χ4n) is 1.49. The summed E-state index contributed by atoms with van der Waals surface area (Å²) < 4.78 is 0. The molecule has 17 heavy (non-hydrogen) atoms. The molecule has 1 N–H and O–H groups in total. The van der Waals surface area contributed by atoms with Gasteiger partial charge in [0.15, 0.2) is 0 Å². The monoisotopic (exact) mass is 246 g/mol. The van der Waals surface area contributed by atoms with E-state index in [4.69, 9.17) is 0 Å². The van der Waals surface area contributed by atoms with Crippen molar-refractivity contribution in [3.8, 4) is 0 Å². The van der Waals surface area contributed by atoms with Crippen LogP contribution in [-0.4, -0.2) is 21.2 Å². The molecule has 0 amide bonds. The Morgan fingerprint density at radius 1 is 1.24 bits per heavy atom. The maximum atomic E-state index is 4.20. The molecule has 0 aliphatic rings. The molecule has 0 radical (unpaired) electrons. The van der Waals surface area contributed by atoms with Gasteiger partial charge in [0.25, 0.3) is 0 Å². The Morgan fingerprint density at radius 3 is 2.71 bits per heavy atom. The highest BCUT2D eigenvalue weighted by Crippen LogP contribution is 2.19. The second-order valence-electron chi connectivity index (χ2n) is 3.59. The van der Waals surface area contributed by atoms with E-state index in [1.54, 1.807) is 30.5 Å². The molecular weight excluding hydrogens is 232 g/mol. The molecule has 88 valence electrons. The predicted molar refractivity (Wildman–Crippen MR) is 70.1 cm³/mol. The van der Waals surface area contributed by atoms with E-state index in [9.17, 15) is 0 Å². The summed E-state index contributed by atoms with van der Waals surface area (Å²) in [5, 5.41) is 4.30. The van der Waals surface area contributed by atoms with Gasteiger partial charge in [-0.05, 0) is 30.9 Å². The van der Waals surface area contributed by atoms with Crippen molar-refractivity contribution < 1.29 is 0 Å². The first kappa shape index (κ1) is 11.9. The number of aromatic nitrogens is 3. The van der Waals surface area contributed by atoms with Crippen LogP contribution >= 0.6 is 11.8 Å². The third kappa shape index (κ3) is 3.17. The van der Waals surface area contributed by atoms with Gasteiger partial charge in [-0.3, -0.25) is 4.98 Å². The lowest BCUT2D eigenvalue weighted by Crippen LogP contribution is -2.08. The fourth-order valence-corrected chi connectivity index (χ4v) is 1.87. The van der Waals surface area contributed by atoms with E-state index in [-0.39, 0.29) is 6.04 Å².